The van der Waals surface area contributed by atoms with Crippen LogP contribution in [-0.2, 0) is 5.60 Å². The van der Waals surface area contributed by atoms with Crippen LogP contribution in [0.2, 0.25) is 0 Å². The number of nitrogens with zero attached hydrogens (tertiary/aromatic N) is 3. The molecule has 0 fully saturated rings. The Labute approximate surface area is 205 Å². The van der Waals surface area contributed by atoms with Crippen molar-refractivity contribution in [2.24, 2.45) is 0 Å². The Morgan fingerprint density at radius 2 is 1.80 bits per heavy atom. The Morgan fingerprint density at radius 3 is 2.57 bits per heavy atom. The second-order valence-electron chi connectivity index (χ2n) is 8.34. The molecule has 0 aliphatic rings. The van der Waals surface area contributed by atoms with Gasteiger partial charge in [0, 0.05) is 23.8 Å². The van der Waals surface area contributed by atoms with Crippen molar-refractivity contribution in [1.82, 2.24) is 15.0 Å². The summed E-state index contributed by atoms with van der Waals surface area (Å²) in [4.78, 5) is 25.7. The molecule has 0 radical (unpaired) electrons. The minimum absolute atomic E-state index is 0.196. The maximum Gasteiger partial charge on any atom is 0.336 e. The third kappa shape index (κ3) is 4.37. The average Bonchev–Trinajstić information content (AvgIpc) is 3.35. The van der Waals surface area contributed by atoms with Crippen molar-refractivity contribution in [2.45, 2.75) is 19.4 Å². The van der Waals surface area contributed by atoms with E-state index in [-0.39, 0.29) is 5.56 Å². The molecule has 0 saturated heterocycles. The number of hydrogen-bond acceptors (Lipinski definition) is 7. The molecule has 3 aromatic carbocycles. The van der Waals surface area contributed by atoms with Crippen molar-refractivity contribution >= 4 is 39.7 Å². The first kappa shape index (κ1) is 22.6. The summed E-state index contributed by atoms with van der Waals surface area (Å²) in [5, 5.41) is 26.1. The minimum Gasteiger partial charge on any atom is -0.478 e. The molecular weight excluding hydrogens is 460 g/mol. The van der Waals surface area contributed by atoms with Gasteiger partial charge in [0.15, 0.2) is 0 Å². The van der Waals surface area contributed by atoms with Crippen molar-refractivity contribution in [1.29, 1.82) is 0 Å². The number of thiazole rings is 1. The lowest BCUT2D eigenvalue weighted by Gasteiger charge is -2.23. The minimum atomic E-state index is -1.41. The van der Waals surface area contributed by atoms with Gasteiger partial charge in [0.1, 0.15) is 10.6 Å². The molecule has 2 aromatic heterocycles. The monoisotopic (exact) mass is 482 g/mol. The van der Waals surface area contributed by atoms with Gasteiger partial charge in [-0.25, -0.2) is 19.7 Å². The highest BCUT2D eigenvalue weighted by Crippen LogP contribution is 2.39. The van der Waals surface area contributed by atoms with Gasteiger partial charge in [-0.15, -0.1) is 11.3 Å². The number of aromatic carboxylic acids is 1. The maximum atomic E-state index is 11.7. The van der Waals surface area contributed by atoms with Gasteiger partial charge in [-0.2, -0.15) is 0 Å². The zero-order chi connectivity index (χ0) is 24.6. The van der Waals surface area contributed by atoms with Crippen molar-refractivity contribution in [2.75, 3.05) is 5.32 Å². The highest BCUT2D eigenvalue weighted by Gasteiger charge is 2.32. The zero-order valence-corrected chi connectivity index (χ0v) is 19.9. The van der Waals surface area contributed by atoms with E-state index in [1.807, 2.05) is 49.4 Å². The van der Waals surface area contributed by atoms with E-state index in [0.717, 1.165) is 21.8 Å². The fourth-order valence-corrected chi connectivity index (χ4v) is 5.02. The number of rotatable bonds is 6. The summed E-state index contributed by atoms with van der Waals surface area (Å²) in [6, 6.07) is 20.1. The van der Waals surface area contributed by atoms with E-state index in [4.69, 9.17) is 0 Å². The molecule has 5 rings (SSSR count). The van der Waals surface area contributed by atoms with Gasteiger partial charge in [0.05, 0.1) is 10.4 Å². The lowest BCUT2D eigenvalue weighted by Crippen LogP contribution is -2.23. The van der Waals surface area contributed by atoms with Crippen LogP contribution in [0.4, 0.5) is 11.6 Å². The Kier molecular flexibility index (Phi) is 5.76. The fraction of sp³-hybridized carbons (Fsp3) is 0.111. The Hall–Kier alpha value is -4.14. The number of aliphatic hydroxyl groups is 1. The summed E-state index contributed by atoms with van der Waals surface area (Å²) in [6.45, 7) is 3.59. The molecule has 3 N–H and O–H groups in total. The van der Waals surface area contributed by atoms with E-state index >= 15 is 0 Å². The molecule has 35 heavy (non-hydrogen) atoms. The van der Waals surface area contributed by atoms with Gasteiger partial charge in [0.2, 0.25) is 5.95 Å². The Balaban J connectivity index is 1.49. The average molecular weight is 483 g/mol. The van der Waals surface area contributed by atoms with Crippen LogP contribution in [0.5, 0.6) is 0 Å². The largest absolute Gasteiger partial charge is 0.478 e. The van der Waals surface area contributed by atoms with E-state index < -0.39 is 11.6 Å². The number of carboxylic acid groups (broad SMARTS) is 1. The number of aryl methyl sites for hydroxylation is 1. The molecule has 0 aliphatic heterocycles. The number of carbonyl (C=O) groups is 1. The summed E-state index contributed by atoms with van der Waals surface area (Å²) in [7, 11) is 0. The second kappa shape index (κ2) is 8.90. The van der Waals surface area contributed by atoms with E-state index in [1.165, 1.54) is 17.4 Å². The first-order chi connectivity index (χ1) is 16.8. The van der Waals surface area contributed by atoms with E-state index in [0.29, 0.717) is 27.3 Å². The number of anilines is 2. The van der Waals surface area contributed by atoms with Crippen molar-refractivity contribution in [3.8, 4) is 10.4 Å². The molecule has 0 spiro atoms. The molecule has 2 heterocycles. The highest BCUT2D eigenvalue weighted by atomic mass is 32.1. The number of benzene rings is 3. The highest BCUT2D eigenvalue weighted by molar-refractivity contribution is 7.15. The lowest BCUT2D eigenvalue weighted by molar-refractivity contribution is 0.0698. The predicted octanol–water partition coefficient (Wildman–Crippen LogP) is 5.76. The summed E-state index contributed by atoms with van der Waals surface area (Å²) in [5.74, 6) is -0.486. The van der Waals surface area contributed by atoms with Crippen LogP contribution in [0.25, 0.3) is 21.2 Å². The van der Waals surface area contributed by atoms with Gasteiger partial charge in [-0.3, -0.25) is 0 Å². The number of hydrogen-bond donors (Lipinski definition) is 3. The molecule has 0 amide bonds. The van der Waals surface area contributed by atoms with Crippen LogP contribution in [0.15, 0.2) is 79.1 Å². The standard InChI is InChI=1S/C27H22N4O3S/c1-16-12-13-28-26(30-16)31-18-7-5-6-17(14-18)23-15-29-25(35-23)27(2,34)22-11-10-21(24(32)33)19-8-3-4-9-20(19)22/h3-15,34H,1-2H3,(H,32,33)(H,28,30,31). The van der Waals surface area contributed by atoms with Crippen LogP contribution in [0.1, 0.15) is 33.5 Å². The maximum absolute atomic E-state index is 11.7. The third-order valence-corrected chi connectivity index (χ3v) is 7.06. The summed E-state index contributed by atoms with van der Waals surface area (Å²) < 4.78 is 0. The fourth-order valence-electron chi connectivity index (χ4n) is 4.05. The van der Waals surface area contributed by atoms with Crippen LogP contribution in [0, 0.1) is 6.92 Å². The van der Waals surface area contributed by atoms with Gasteiger partial charge in [-0.05, 0) is 60.0 Å². The molecular formula is C27H22N4O3S. The molecule has 5 aromatic rings. The van der Waals surface area contributed by atoms with Crippen LogP contribution < -0.4 is 5.32 Å². The SMILES string of the molecule is Cc1ccnc(Nc2cccc(-c3cnc(C(C)(O)c4ccc(C(=O)O)c5ccccc45)s3)c2)n1. The summed E-state index contributed by atoms with van der Waals surface area (Å²) in [5.41, 5.74) is 2.04. The summed E-state index contributed by atoms with van der Waals surface area (Å²) in [6.07, 6.45) is 3.45. The first-order valence-corrected chi connectivity index (χ1v) is 11.8. The van der Waals surface area contributed by atoms with Crippen molar-refractivity contribution in [3.63, 3.8) is 0 Å². The van der Waals surface area contributed by atoms with E-state index in [9.17, 15) is 15.0 Å². The molecule has 1 atom stereocenters. The molecule has 8 heteroatoms. The molecule has 1 unspecified atom stereocenters. The molecule has 174 valence electrons. The Morgan fingerprint density at radius 1 is 1.00 bits per heavy atom. The molecule has 7 nitrogen and oxygen atoms in total. The smallest absolute Gasteiger partial charge is 0.336 e. The van der Waals surface area contributed by atoms with Crippen molar-refractivity contribution in [3.05, 3.63) is 101 Å². The van der Waals surface area contributed by atoms with Crippen LogP contribution >= 0.6 is 11.3 Å². The topological polar surface area (TPSA) is 108 Å². The van der Waals surface area contributed by atoms with E-state index in [2.05, 4.69) is 20.3 Å². The number of aromatic nitrogens is 3. The van der Waals surface area contributed by atoms with Crippen LogP contribution in [-0.4, -0.2) is 31.1 Å². The van der Waals surface area contributed by atoms with Crippen LogP contribution in [0.3, 0.4) is 0 Å². The normalized spacial score (nSPS) is 12.9. The Bertz CT molecular complexity index is 1560. The number of fused-ring (bicyclic) bond motifs is 1. The first-order valence-electron chi connectivity index (χ1n) is 10.9. The summed E-state index contributed by atoms with van der Waals surface area (Å²) >= 11 is 1.39. The van der Waals surface area contributed by atoms with E-state index in [1.54, 1.807) is 37.5 Å². The molecule has 0 aliphatic carbocycles. The number of carboxylic acids is 1. The number of nitrogens with one attached hydrogen (secondary N) is 1. The van der Waals surface area contributed by atoms with Crippen molar-refractivity contribution < 1.29 is 15.0 Å². The van der Waals surface area contributed by atoms with Gasteiger partial charge < -0.3 is 15.5 Å². The lowest BCUT2D eigenvalue weighted by atomic mass is 9.89. The second-order valence-corrected chi connectivity index (χ2v) is 9.37. The predicted molar refractivity (Wildman–Crippen MR) is 137 cm³/mol. The molecule has 0 bridgehead atoms. The van der Waals surface area contributed by atoms with Gasteiger partial charge >= 0.3 is 5.97 Å². The van der Waals surface area contributed by atoms with Gasteiger partial charge in [-0.1, -0.05) is 42.5 Å². The van der Waals surface area contributed by atoms with Gasteiger partial charge in [0.25, 0.3) is 0 Å². The molecule has 0 saturated carbocycles. The quantitative estimate of drug-likeness (QED) is 0.282. The third-order valence-electron chi connectivity index (χ3n) is 5.80. The zero-order valence-electron chi connectivity index (χ0n) is 19.1.